The van der Waals surface area contributed by atoms with Gasteiger partial charge in [0.05, 0.1) is 24.8 Å². The van der Waals surface area contributed by atoms with Crippen LogP contribution < -0.4 is 9.47 Å². The van der Waals surface area contributed by atoms with Gasteiger partial charge in [-0.3, -0.25) is 4.79 Å². The number of carbonyl (C=O) groups is 1. The van der Waals surface area contributed by atoms with Gasteiger partial charge < -0.3 is 38.9 Å². The molecule has 1 amide bonds. The number of hydrogen-bond acceptors (Lipinski definition) is 9. The van der Waals surface area contributed by atoms with E-state index in [4.69, 9.17) is 28.9 Å². The number of aliphatic hydroxyl groups is 2. The summed E-state index contributed by atoms with van der Waals surface area (Å²) < 4.78 is 27.2. The van der Waals surface area contributed by atoms with Crippen molar-refractivity contribution in [1.29, 1.82) is 0 Å². The minimum atomic E-state index is -1.26. The Balaban J connectivity index is 1.30. The smallest absolute Gasteiger partial charge is 0.239 e. The van der Waals surface area contributed by atoms with Gasteiger partial charge in [0.15, 0.2) is 0 Å². The van der Waals surface area contributed by atoms with Crippen molar-refractivity contribution >= 4 is 22.4 Å². The molecule has 1 unspecified atom stereocenters. The van der Waals surface area contributed by atoms with E-state index in [0.29, 0.717) is 38.2 Å². The molecule has 10 nitrogen and oxygen atoms in total. The fourth-order valence-electron chi connectivity index (χ4n) is 10.2. The average Bonchev–Trinajstić information content (AvgIpc) is 4.12. The monoisotopic (exact) mass is 806 g/mol. The standard InChI is InChI=1S/C49H62N2O8/c1-3-24-51(48(54)34-18-19-34)44-32-42(50-59-45-17-9-12-28-55-45)40-30-36(15-7-10-25-52)39(16-8-11-26-53)46-41-31-38(57-37-21-20-33-13-5-6-14-35(33)29-37)22-23-43(41)58-49(44,47(40)46)56-27-4-2/h4-6,13-14,20-23,29-31,34,36,39,44-47,52-53H,2-3,7-12,15-19,24-28,32H2,1H3/t36-,39+,44-,45?,46+,47+,49+/m0/s1. The van der Waals surface area contributed by atoms with Gasteiger partial charge in [0.2, 0.25) is 18.0 Å². The topological polar surface area (TPSA) is 119 Å². The maximum absolute atomic E-state index is 14.5. The predicted molar refractivity (Wildman–Crippen MR) is 228 cm³/mol. The lowest BCUT2D eigenvalue weighted by Gasteiger charge is -2.60. The highest BCUT2D eigenvalue weighted by atomic mass is 16.8. The number of unbranched alkanes of at least 4 members (excludes halogenated alkanes) is 2. The van der Waals surface area contributed by atoms with E-state index in [1.165, 1.54) is 0 Å². The Hall–Kier alpha value is -4.22. The summed E-state index contributed by atoms with van der Waals surface area (Å²) in [6.45, 7) is 7.88. The van der Waals surface area contributed by atoms with Crippen LogP contribution in [0.3, 0.4) is 0 Å². The molecule has 5 aliphatic rings. The minimum Gasteiger partial charge on any atom is -0.459 e. The number of oxime groups is 1. The van der Waals surface area contributed by atoms with Gasteiger partial charge in [0, 0.05) is 50.0 Å². The summed E-state index contributed by atoms with van der Waals surface area (Å²) >= 11 is 0. The van der Waals surface area contributed by atoms with E-state index in [9.17, 15) is 15.0 Å². The molecule has 2 N–H and O–H groups in total. The Kier molecular flexibility index (Phi) is 13.4. The highest BCUT2D eigenvalue weighted by Crippen LogP contribution is 2.62. The first-order valence-electron chi connectivity index (χ1n) is 22.3. The van der Waals surface area contributed by atoms with Crippen molar-refractivity contribution in [3.05, 3.63) is 90.5 Å². The third-order valence-electron chi connectivity index (χ3n) is 13.1. The molecule has 3 aliphatic carbocycles. The summed E-state index contributed by atoms with van der Waals surface area (Å²) in [6, 6.07) is 20.0. The Morgan fingerprint density at radius 3 is 2.49 bits per heavy atom. The first-order chi connectivity index (χ1) is 29.0. The number of benzene rings is 3. The largest absolute Gasteiger partial charge is 0.459 e. The lowest BCUT2D eigenvalue weighted by Crippen LogP contribution is -2.70. The molecule has 3 aromatic rings. The summed E-state index contributed by atoms with van der Waals surface area (Å²) in [6.07, 6.45) is 14.4. The van der Waals surface area contributed by atoms with E-state index < -0.39 is 18.1 Å². The van der Waals surface area contributed by atoms with E-state index in [1.807, 2.05) is 35.2 Å². The van der Waals surface area contributed by atoms with Crippen LogP contribution in [0, 0.1) is 23.7 Å². The molecule has 0 bridgehead atoms. The molecule has 316 valence electrons. The molecule has 7 atom stereocenters. The Morgan fingerprint density at radius 1 is 0.966 bits per heavy atom. The van der Waals surface area contributed by atoms with Crippen molar-refractivity contribution in [1.82, 2.24) is 4.90 Å². The van der Waals surface area contributed by atoms with Crippen LogP contribution in [0.1, 0.15) is 102 Å². The van der Waals surface area contributed by atoms with Gasteiger partial charge in [0.1, 0.15) is 23.3 Å². The minimum absolute atomic E-state index is 0.00259. The van der Waals surface area contributed by atoms with Crippen LogP contribution in [0.15, 0.2) is 90.1 Å². The normalized spacial score (nSPS) is 27.9. The SMILES string of the molecule is C=CCO[C@@]12Oc3ccc(Oc4ccc5ccccc5c4)cc3[C@H]3[C@H](CCCCO)[C@@H](CCCCO)C=C(C(=NOC4CCCCO4)C[C@@H]1N(CCC)C(=O)C1CC1)[C@H]32. The first kappa shape index (κ1) is 41.5. The van der Waals surface area contributed by atoms with Crippen molar-refractivity contribution in [2.75, 3.05) is 33.0 Å². The number of hydrogen-bond donors (Lipinski definition) is 2. The number of nitrogens with zero attached hydrogens (tertiary/aromatic N) is 2. The second kappa shape index (κ2) is 19.0. The van der Waals surface area contributed by atoms with Gasteiger partial charge in [-0.2, -0.15) is 0 Å². The zero-order valence-electron chi connectivity index (χ0n) is 34.6. The summed E-state index contributed by atoms with van der Waals surface area (Å²) in [4.78, 5) is 22.8. The highest BCUT2D eigenvalue weighted by molar-refractivity contribution is 6.03. The lowest BCUT2D eigenvalue weighted by molar-refractivity contribution is -0.258. The molecule has 2 heterocycles. The van der Waals surface area contributed by atoms with Gasteiger partial charge in [0.25, 0.3) is 0 Å². The second-order valence-corrected chi connectivity index (χ2v) is 17.1. The summed E-state index contributed by atoms with van der Waals surface area (Å²) in [5, 5.41) is 27.1. The van der Waals surface area contributed by atoms with E-state index in [-0.39, 0.29) is 55.3 Å². The van der Waals surface area contributed by atoms with Crippen LogP contribution >= 0.6 is 0 Å². The van der Waals surface area contributed by atoms with E-state index >= 15 is 0 Å². The average molecular weight is 807 g/mol. The molecule has 59 heavy (non-hydrogen) atoms. The molecule has 3 fully saturated rings. The number of ether oxygens (including phenoxy) is 4. The van der Waals surface area contributed by atoms with Crippen molar-refractivity contribution in [2.45, 2.75) is 114 Å². The summed E-state index contributed by atoms with van der Waals surface area (Å²) in [5.41, 5.74) is 2.86. The zero-order valence-corrected chi connectivity index (χ0v) is 34.6. The van der Waals surface area contributed by atoms with Gasteiger partial charge in [-0.05, 0) is 116 Å². The third kappa shape index (κ3) is 8.83. The molecule has 2 saturated carbocycles. The second-order valence-electron chi connectivity index (χ2n) is 17.1. The van der Waals surface area contributed by atoms with Gasteiger partial charge in [-0.15, -0.1) is 6.58 Å². The van der Waals surface area contributed by atoms with Crippen molar-refractivity contribution in [2.24, 2.45) is 28.8 Å². The van der Waals surface area contributed by atoms with Crippen LogP contribution in [0.4, 0.5) is 0 Å². The van der Waals surface area contributed by atoms with E-state index in [0.717, 1.165) is 103 Å². The van der Waals surface area contributed by atoms with E-state index in [1.54, 1.807) is 6.08 Å². The van der Waals surface area contributed by atoms with Crippen molar-refractivity contribution in [3.8, 4) is 17.2 Å². The Labute approximate surface area is 349 Å². The van der Waals surface area contributed by atoms with Crippen LogP contribution in [-0.4, -0.2) is 77.8 Å². The van der Waals surface area contributed by atoms with Crippen molar-refractivity contribution in [3.63, 3.8) is 0 Å². The van der Waals surface area contributed by atoms with Crippen LogP contribution in [0.25, 0.3) is 10.8 Å². The molecule has 0 radical (unpaired) electrons. The molecular formula is C49H62N2O8. The molecule has 0 spiro atoms. The van der Waals surface area contributed by atoms with Gasteiger partial charge >= 0.3 is 0 Å². The maximum Gasteiger partial charge on any atom is 0.239 e. The van der Waals surface area contributed by atoms with Crippen LogP contribution in [0.2, 0.25) is 0 Å². The number of aliphatic hydroxyl groups excluding tert-OH is 2. The molecule has 8 rings (SSSR count). The maximum atomic E-state index is 14.5. The summed E-state index contributed by atoms with van der Waals surface area (Å²) in [7, 11) is 0. The van der Waals surface area contributed by atoms with Crippen molar-refractivity contribution < 1.29 is 38.8 Å². The quantitative estimate of drug-likeness (QED) is 0.0699. The Morgan fingerprint density at radius 2 is 1.75 bits per heavy atom. The molecule has 0 aromatic heterocycles. The number of fused-ring (bicyclic) bond motifs is 3. The lowest BCUT2D eigenvalue weighted by atomic mass is 9.55. The number of carbonyl (C=O) groups excluding carboxylic acids is 1. The molecular weight excluding hydrogens is 745 g/mol. The number of rotatable bonds is 19. The van der Waals surface area contributed by atoms with Crippen LogP contribution in [0.5, 0.6) is 17.2 Å². The third-order valence-corrected chi connectivity index (χ3v) is 13.1. The molecule has 10 heteroatoms. The molecule has 2 aliphatic heterocycles. The van der Waals surface area contributed by atoms with Gasteiger partial charge in [-0.25, -0.2) is 0 Å². The Bertz CT molecular complexity index is 1990. The summed E-state index contributed by atoms with van der Waals surface area (Å²) in [5.74, 6) is 0.829. The fourth-order valence-corrected chi connectivity index (χ4v) is 10.2. The zero-order chi connectivity index (χ0) is 40.8. The fraction of sp³-hybridized carbons (Fsp3) is 0.551. The van der Waals surface area contributed by atoms with E-state index in [2.05, 4.69) is 49.9 Å². The molecule has 3 aromatic carbocycles. The highest BCUT2D eigenvalue weighted by Gasteiger charge is 2.65. The van der Waals surface area contributed by atoms with Crippen LogP contribution in [-0.2, 0) is 19.1 Å². The molecule has 1 saturated heterocycles. The first-order valence-corrected chi connectivity index (χ1v) is 22.3. The number of allylic oxidation sites excluding steroid dienone is 1. The number of amides is 1. The predicted octanol–water partition coefficient (Wildman–Crippen LogP) is 9.44. The van der Waals surface area contributed by atoms with Gasteiger partial charge in [-0.1, -0.05) is 67.4 Å².